The maximum Gasteiger partial charge on any atom is 0.266 e. The van der Waals surface area contributed by atoms with Crippen LogP contribution in [-0.2, 0) is 9.59 Å². The summed E-state index contributed by atoms with van der Waals surface area (Å²) in [5.41, 5.74) is 1.74. The molecule has 1 fully saturated rings. The molecule has 1 aliphatic heterocycles. The van der Waals surface area contributed by atoms with E-state index in [4.69, 9.17) is 4.99 Å². The molecule has 7 heteroatoms. The second kappa shape index (κ2) is 13.9. The summed E-state index contributed by atoms with van der Waals surface area (Å²) in [6.07, 6.45) is 7.30. The zero-order valence-corrected chi connectivity index (χ0v) is 22.7. The van der Waals surface area contributed by atoms with Gasteiger partial charge in [-0.2, -0.15) is 0 Å². The van der Waals surface area contributed by atoms with Gasteiger partial charge >= 0.3 is 0 Å². The Labute approximate surface area is 217 Å². The summed E-state index contributed by atoms with van der Waals surface area (Å²) in [5, 5.41) is 14.3. The Morgan fingerprint density at radius 3 is 2.36 bits per heavy atom. The molecule has 7 nitrogen and oxygen atoms in total. The van der Waals surface area contributed by atoms with E-state index < -0.39 is 18.3 Å². The number of likely N-dealkylation sites (N-methyl/N-ethyl adjacent to an activating group) is 1. The molecule has 1 amide bonds. The number of Topliss-reactive ketones (excluding diaryl/α,β-unsaturated/α-hetero) is 1. The Kier molecular flexibility index (Phi) is 10.9. The third-order valence-electron chi connectivity index (χ3n) is 7.29. The number of aliphatic hydroxyl groups excluding tert-OH is 1. The minimum absolute atomic E-state index is 0.0103. The number of anilines is 1. The van der Waals surface area contributed by atoms with Crippen LogP contribution in [0.2, 0.25) is 0 Å². The van der Waals surface area contributed by atoms with E-state index in [1.165, 1.54) is 0 Å². The Morgan fingerprint density at radius 2 is 1.75 bits per heavy atom. The number of hydrogen-bond acceptors (Lipinski definition) is 6. The lowest BCUT2D eigenvalue weighted by molar-refractivity contribution is -0.125. The highest BCUT2D eigenvalue weighted by Gasteiger charge is 2.37. The molecule has 1 saturated carbocycles. The van der Waals surface area contributed by atoms with Crippen molar-refractivity contribution < 1.29 is 14.7 Å². The van der Waals surface area contributed by atoms with E-state index in [1.54, 1.807) is 11.9 Å². The van der Waals surface area contributed by atoms with Gasteiger partial charge in [-0.05, 0) is 50.2 Å². The number of para-hydroxylation sites is 1. The van der Waals surface area contributed by atoms with E-state index in [0.29, 0.717) is 18.8 Å². The fourth-order valence-electron chi connectivity index (χ4n) is 4.79. The number of hydrogen-bond donors (Lipinski definition) is 2. The summed E-state index contributed by atoms with van der Waals surface area (Å²) in [4.78, 5) is 35.9. The third-order valence-corrected chi connectivity index (χ3v) is 7.29. The van der Waals surface area contributed by atoms with Crippen LogP contribution < -0.4 is 10.2 Å². The van der Waals surface area contributed by atoms with Gasteiger partial charge in [-0.25, -0.2) is 4.99 Å². The van der Waals surface area contributed by atoms with E-state index >= 15 is 0 Å². The smallest absolute Gasteiger partial charge is 0.266 e. The Morgan fingerprint density at radius 1 is 1.11 bits per heavy atom. The minimum atomic E-state index is -0.937. The first-order chi connectivity index (χ1) is 17.4. The first-order valence-electron chi connectivity index (χ1n) is 14.1. The maximum absolute atomic E-state index is 13.7. The summed E-state index contributed by atoms with van der Waals surface area (Å²) in [6, 6.07) is 7.10. The van der Waals surface area contributed by atoms with Gasteiger partial charge in [0.05, 0.1) is 17.8 Å². The van der Waals surface area contributed by atoms with Crippen molar-refractivity contribution in [3.05, 3.63) is 29.8 Å². The SMILES string of the molecule is CCCC[C@@H](O)[C@@H](NC1N=C(N(CCCC)CCCC)c2ccccc2N(C)C1=O)C(=O)CC1CC1. The highest BCUT2D eigenvalue weighted by molar-refractivity contribution is 6.11. The van der Waals surface area contributed by atoms with Gasteiger partial charge in [0.15, 0.2) is 11.9 Å². The number of aliphatic imine (C=N–C) groups is 1. The molecule has 3 rings (SSSR count). The van der Waals surface area contributed by atoms with Crippen molar-refractivity contribution in [1.29, 1.82) is 0 Å². The van der Waals surface area contributed by atoms with Crippen LogP contribution in [-0.4, -0.2) is 66.0 Å². The lowest BCUT2D eigenvalue weighted by Crippen LogP contribution is -2.55. The Balaban J connectivity index is 1.98. The number of aliphatic hydroxyl groups is 1. The molecular formula is C29H46N4O3. The summed E-state index contributed by atoms with van der Waals surface area (Å²) in [7, 11) is 1.77. The topological polar surface area (TPSA) is 85.2 Å². The second-order valence-electron chi connectivity index (χ2n) is 10.4. The number of unbranched alkanes of at least 4 members (excludes halogenated alkanes) is 3. The van der Waals surface area contributed by atoms with Crippen LogP contribution in [0.5, 0.6) is 0 Å². The Bertz CT molecular complexity index is 890. The number of nitrogens with one attached hydrogen (secondary N) is 1. The monoisotopic (exact) mass is 498 g/mol. The maximum atomic E-state index is 13.7. The van der Waals surface area contributed by atoms with Crippen LogP contribution >= 0.6 is 0 Å². The van der Waals surface area contributed by atoms with Gasteiger partial charge in [0.2, 0.25) is 0 Å². The summed E-state index contributed by atoms with van der Waals surface area (Å²) < 4.78 is 0. The quantitative estimate of drug-likeness (QED) is 0.371. The zero-order valence-electron chi connectivity index (χ0n) is 22.7. The normalized spacial score (nSPS) is 19.4. The van der Waals surface area contributed by atoms with E-state index in [0.717, 1.165) is 81.5 Å². The molecule has 0 saturated heterocycles. The number of carbonyl (C=O) groups excluding carboxylic acids is 2. The highest BCUT2D eigenvalue weighted by Crippen LogP contribution is 2.33. The van der Waals surface area contributed by atoms with Crippen molar-refractivity contribution in [2.75, 3.05) is 25.0 Å². The molecule has 0 spiro atoms. The molecule has 200 valence electrons. The molecule has 3 atom stereocenters. The molecule has 0 radical (unpaired) electrons. The number of amidine groups is 1. The average molecular weight is 499 g/mol. The number of ketones is 1. The molecule has 0 bridgehead atoms. The van der Waals surface area contributed by atoms with Crippen molar-refractivity contribution in [3.8, 4) is 0 Å². The number of fused-ring (bicyclic) bond motifs is 1. The summed E-state index contributed by atoms with van der Waals surface area (Å²) in [6.45, 7) is 8.14. The molecular weight excluding hydrogens is 452 g/mol. The minimum Gasteiger partial charge on any atom is -0.391 e. The second-order valence-corrected chi connectivity index (χ2v) is 10.4. The highest BCUT2D eigenvalue weighted by atomic mass is 16.3. The van der Waals surface area contributed by atoms with Crippen molar-refractivity contribution in [3.63, 3.8) is 0 Å². The zero-order chi connectivity index (χ0) is 26.1. The van der Waals surface area contributed by atoms with Gasteiger partial charge in [0.1, 0.15) is 5.84 Å². The first-order valence-corrected chi connectivity index (χ1v) is 14.1. The molecule has 1 unspecified atom stereocenters. The van der Waals surface area contributed by atoms with Crippen molar-refractivity contribution in [2.45, 2.75) is 103 Å². The van der Waals surface area contributed by atoms with Crippen LogP contribution in [0.1, 0.15) is 90.5 Å². The fourth-order valence-corrected chi connectivity index (χ4v) is 4.79. The van der Waals surface area contributed by atoms with Crippen LogP contribution in [0.15, 0.2) is 29.3 Å². The molecule has 1 aromatic rings. The lowest BCUT2D eigenvalue weighted by Gasteiger charge is -2.29. The average Bonchev–Trinajstić information content (AvgIpc) is 3.71. The standard InChI is InChI=1S/C29H46N4O3/c1-5-8-15-24(34)26(25(35)20-21-16-17-21)30-27-29(36)32(4)23-14-12-11-13-22(23)28(31-27)33(18-9-6-2)19-10-7-3/h11-14,21,24,26-27,30,34H,5-10,15-20H2,1-4H3/t24-,26-,27?/m1/s1. The number of amides is 1. The van der Waals surface area contributed by atoms with E-state index in [-0.39, 0.29) is 11.7 Å². The summed E-state index contributed by atoms with van der Waals surface area (Å²) >= 11 is 0. The van der Waals surface area contributed by atoms with E-state index in [2.05, 4.69) is 31.0 Å². The predicted octanol–water partition coefficient (Wildman–Crippen LogP) is 4.52. The number of carbonyl (C=O) groups is 2. The molecule has 2 N–H and O–H groups in total. The largest absolute Gasteiger partial charge is 0.391 e. The van der Waals surface area contributed by atoms with E-state index in [1.807, 2.05) is 24.3 Å². The van der Waals surface area contributed by atoms with Crippen LogP contribution in [0.3, 0.4) is 0 Å². The molecule has 0 aromatic heterocycles. The van der Waals surface area contributed by atoms with Crippen LogP contribution in [0.4, 0.5) is 5.69 Å². The van der Waals surface area contributed by atoms with Gasteiger partial charge < -0.3 is 14.9 Å². The van der Waals surface area contributed by atoms with Crippen molar-refractivity contribution in [2.24, 2.45) is 10.9 Å². The third kappa shape index (κ3) is 7.39. The van der Waals surface area contributed by atoms with Gasteiger partial charge in [-0.15, -0.1) is 0 Å². The van der Waals surface area contributed by atoms with Crippen molar-refractivity contribution >= 4 is 23.2 Å². The van der Waals surface area contributed by atoms with Gasteiger partial charge in [-0.3, -0.25) is 14.9 Å². The van der Waals surface area contributed by atoms with E-state index in [9.17, 15) is 14.7 Å². The Hall–Kier alpha value is -2.25. The number of nitrogens with zero attached hydrogens (tertiary/aromatic N) is 3. The molecule has 1 heterocycles. The lowest BCUT2D eigenvalue weighted by atomic mass is 9.97. The van der Waals surface area contributed by atoms with Crippen molar-refractivity contribution in [1.82, 2.24) is 10.2 Å². The van der Waals surface area contributed by atoms with Crippen LogP contribution in [0.25, 0.3) is 0 Å². The molecule has 36 heavy (non-hydrogen) atoms. The molecule has 1 aromatic carbocycles. The van der Waals surface area contributed by atoms with Gasteiger partial charge in [-0.1, -0.05) is 58.6 Å². The number of benzodiazepines with no additional fused rings is 1. The predicted molar refractivity (Wildman–Crippen MR) is 146 cm³/mol. The molecule has 2 aliphatic rings. The number of benzene rings is 1. The molecule has 1 aliphatic carbocycles. The summed E-state index contributed by atoms with van der Waals surface area (Å²) in [5.74, 6) is 0.980. The first kappa shape index (κ1) is 28.3. The van der Waals surface area contributed by atoms with Gasteiger partial charge in [0.25, 0.3) is 5.91 Å². The van der Waals surface area contributed by atoms with Gasteiger partial charge in [0, 0.05) is 32.1 Å². The van der Waals surface area contributed by atoms with Crippen LogP contribution in [0, 0.1) is 5.92 Å². The number of rotatable bonds is 15. The fraction of sp³-hybridized carbons (Fsp3) is 0.690.